The van der Waals surface area contributed by atoms with Gasteiger partial charge < -0.3 is 9.52 Å². The SMILES string of the molecule is Cc1ccc(CN(CCO)CC(C)(C)C)o1. The number of aryl methyl sites for hydroxylation is 1. The van der Waals surface area contributed by atoms with Crippen LogP contribution < -0.4 is 0 Å². The van der Waals surface area contributed by atoms with E-state index in [1.54, 1.807) is 0 Å². The third-order valence-electron chi connectivity index (χ3n) is 2.29. The molecule has 0 atom stereocenters. The lowest BCUT2D eigenvalue weighted by Gasteiger charge is -2.28. The summed E-state index contributed by atoms with van der Waals surface area (Å²) in [5.74, 6) is 1.91. The maximum absolute atomic E-state index is 9.04. The van der Waals surface area contributed by atoms with Gasteiger partial charge in [0.05, 0.1) is 13.2 Å². The summed E-state index contributed by atoms with van der Waals surface area (Å²) >= 11 is 0. The lowest BCUT2D eigenvalue weighted by molar-refractivity contribution is 0.138. The van der Waals surface area contributed by atoms with Gasteiger partial charge in [0.1, 0.15) is 11.5 Å². The highest BCUT2D eigenvalue weighted by Gasteiger charge is 2.17. The Kier molecular flexibility index (Phi) is 4.56. The van der Waals surface area contributed by atoms with Crippen LogP contribution >= 0.6 is 0 Å². The van der Waals surface area contributed by atoms with E-state index in [2.05, 4.69) is 25.7 Å². The third-order valence-corrected chi connectivity index (χ3v) is 2.29. The van der Waals surface area contributed by atoms with Crippen LogP contribution in [0.3, 0.4) is 0 Å². The Labute approximate surface area is 98.1 Å². The van der Waals surface area contributed by atoms with Crippen LogP contribution in [0.1, 0.15) is 32.3 Å². The molecule has 0 saturated carbocycles. The van der Waals surface area contributed by atoms with E-state index in [0.717, 1.165) is 24.6 Å². The second kappa shape index (κ2) is 5.51. The molecule has 0 aliphatic rings. The first-order valence-electron chi connectivity index (χ1n) is 5.79. The molecule has 3 nitrogen and oxygen atoms in total. The lowest BCUT2D eigenvalue weighted by Crippen LogP contribution is -2.34. The molecule has 1 aromatic rings. The zero-order chi connectivity index (χ0) is 12.2. The minimum absolute atomic E-state index is 0.190. The number of nitrogens with zero attached hydrogens (tertiary/aromatic N) is 1. The van der Waals surface area contributed by atoms with Crippen molar-refractivity contribution in [3.05, 3.63) is 23.7 Å². The van der Waals surface area contributed by atoms with Gasteiger partial charge in [0.2, 0.25) is 0 Å². The Morgan fingerprint density at radius 1 is 1.31 bits per heavy atom. The quantitative estimate of drug-likeness (QED) is 0.836. The molecule has 0 radical (unpaired) electrons. The summed E-state index contributed by atoms with van der Waals surface area (Å²) in [6.45, 7) is 11.1. The standard InChI is InChI=1S/C13H23NO2/c1-11-5-6-12(16-11)9-14(7-8-15)10-13(2,3)4/h5-6,15H,7-10H2,1-4H3. The predicted octanol–water partition coefficient (Wildman–Crippen LogP) is 2.43. The van der Waals surface area contributed by atoms with Crippen LogP contribution in [-0.2, 0) is 6.54 Å². The molecule has 1 rings (SSSR count). The minimum Gasteiger partial charge on any atom is -0.465 e. The normalized spacial score (nSPS) is 12.4. The van der Waals surface area contributed by atoms with Crippen molar-refractivity contribution in [1.29, 1.82) is 0 Å². The molecule has 92 valence electrons. The van der Waals surface area contributed by atoms with Crippen molar-refractivity contribution in [2.75, 3.05) is 19.7 Å². The highest BCUT2D eigenvalue weighted by molar-refractivity contribution is 5.05. The van der Waals surface area contributed by atoms with Crippen molar-refractivity contribution >= 4 is 0 Å². The predicted molar refractivity (Wildman–Crippen MR) is 65.3 cm³/mol. The van der Waals surface area contributed by atoms with Crippen molar-refractivity contribution in [2.24, 2.45) is 5.41 Å². The summed E-state index contributed by atoms with van der Waals surface area (Å²) < 4.78 is 5.55. The Bertz CT molecular complexity index is 312. The van der Waals surface area contributed by atoms with E-state index < -0.39 is 0 Å². The van der Waals surface area contributed by atoms with E-state index in [0.29, 0.717) is 6.54 Å². The average molecular weight is 225 g/mol. The van der Waals surface area contributed by atoms with Crippen molar-refractivity contribution in [3.8, 4) is 0 Å². The van der Waals surface area contributed by atoms with Gasteiger partial charge in [-0.1, -0.05) is 20.8 Å². The molecule has 16 heavy (non-hydrogen) atoms. The molecular formula is C13H23NO2. The summed E-state index contributed by atoms with van der Waals surface area (Å²) in [4.78, 5) is 2.22. The monoisotopic (exact) mass is 225 g/mol. The maximum Gasteiger partial charge on any atom is 0.118 e. The zero-order valence-corrected chi connectivity index (χ0v) is 10.8. The van der Waals surface area contributed by atoms with Crippen LogP contribution in [-0.4, -0.2) is 29.7 Å². The van der Waals surface area contributed by atoms with E-state index in [4.69, 9.17) is 9.52 Å². The first kappa shape index (κ1) is 13.3. The molecule has 1 N–H and O–H groups in total. The van der Waals surface area contributed by atoms with Crippen LogP contribution in [0.2, 0.25) is 0 Å². The molecule has 3 heteroatoms. The number of furan rings is 1. The van der Waals surface area contributed by atoms with Crippen molar-refractivity contribution in [3.63, 3.8) is 0 Å². The van der Waals surface area contributed by atoms with Gasteiger partial charge in [0, 0.05) is 13.1 Å². The fourth-order valence-electron chi connectivity index (χ4n) is 1.82. The molecule has 1 aromatic heterocycles. The van der Waals surface area contributed by atoms with Gasteiger partial charge in [-0.15, -0.1) is 0 Å². The number of hydrogen-bond donors (Lipinski definition) is 1. The summed E-state index contributed by atoms with van der Waals surface area (Å²) in [6, 6.07) is 3.98. The Morgan fingerprint density at radius 3 is 2.44 bits per heavy atom. The number of rotatable bonds is 5. The molecule has 0 aliphatic heterocycles. The van der Waals surface area contributed by atoms with E-state index in [9.17, 15) is 0 Å². The summed E-state index contributed by atoms with van der Waals surface area (Å²) in [6.07, 6.45) is 0. The van der Waals surface area contributed by atoms with Gasteiger partial charge in [-0.2, -0.15) is 0 Å². The van der Waals surface area contributed by atoms with Crippen LogP contribution in [0.4, 0.5) is 0 Å². The molecule has 0 aromatic carbocycles. The van der Waals surface area contributed by atoms with Crippen LogP contribution in [0.15, 0.2) is 16.5 Å². The molecule has 0 spiro atoms. The fraction of sp³-hybridized carbons (Fsp3) is 0.692. The van der Waals surface area contributed by atoms with Crippen molar-refractivity contribution in [1.82, 2.24) is 4.90 Å². The zero-order valence-electron chi connectivity index (χ0n) is 10.8. The number of aliphatic hydroxyl groups is 1. The molecular weight excluding hydrogens is 202 g/mol. The number of aliphatic hydroxyl groups excluding tert-OH is 1. The highest BCUT2D eigenvalue weighted by Crippen LogP contribution is 2.17. The van der Waals surface area contributed by atoms with Gasteiger partial charge in [-0.3, -0.25) is 4.90 Å². The molecule has 0 bridgehead atoms. The van der Waals surface area contributed by atoms with E-state index in [1.807, 2.05) is 19.1 Å². The van der Waals surface area contributed by atoms with Gasteiger partial charge in [-0.25, -0.2) is 0 Å². The highest BCUT2D eigenvalue weighted by atomic mass is 16.3. The summed E-state index contributed by atoms with van der Waals surface area (Å²) in [7, 11) is 0. The van der Waals surface area contributed by atoms with Crippen molar-refractivity contribution < 1.29 is 9.52 Å². The van der Waals surface area contributed by atoms with E-state index in [-0.39, 0.29) is 12.0 Å². The largest absolute Gasteiger partial charge is 0.465 e. The molecule has 0 amide bonds. The van der Waals surface area contributed by atoms with Crippen molar-refractivity contribution in [2.45, 2.75) is 34.2 Å². The van der Waals surface area contributed by atoms with Gasteiger partial charge in [-0.05, 0) is 24.5 Å². The van der Waals surface area contributed by atoms with Gasteiger partial charge in [0.15, 0.2) is 0 Å². The van der Waals surface area contributed by atoms with Gasteiger partial charge in [0.25, 0.3) is 0 Å². The first-order valence-corrected chi connectivity index (χ1v) is 5.79. The summed E-state index contributed by atoms with van der Waals surface area (Å²) in [5.41, 5.74) is 0.233. The number of hydrogen-bond acceptors (Lipinski definition) is 3. The third kappa shape index (κ3) is 4.81. The second-order valence-corrected chi connectivity index (χ2v) is 5.51. The van der Waals surface area contributed by atoms with Gasteiger partial charge >= 0.3 is 0 Å². The maximum atomic E-state index is 9.04. The molecule has 1 heterocycles. The Hall–Kier alpha value is -0.800. The second-order valence-electron chi connectivity index (χ2n) is 5.51. The molecule has 0 aliphatic carbocycles. The molecule has 0 saturated heterocycles. The minimum atomic E-state index is 0.190. The van der Waals surface area contributed by atoms with Crippen LogP contribution in [0.5, 0.6) is 0 Å². The Balaban J connectivity index is 2.57. The van der Waals surface area contributed by atoms with E-state index >= 15 is 0 Å². The first-order chi connectivity index (χ1) is 7.40. The van der Waals surface area contributed by atoms with Crippen LogP contribution in [0.25, 0.3) is 0 Å². The molecule has 0 fully saturated rings. The Morgan fingerprint density at radius 2 is 2.00 bits per heavy atom. The fourth-order valence-corrected chi connectivity index (χ4v) is 1.82. The summed E-state index contributed by atoms with van der Waals surface area (Å²) in [5, 5.41) is 9.04. The lowest BCUT2D eigenvalue weighted by atomic mass is 9.96. The van der Waals surface area contributed by atoms with E-state index in [1.165, 1.54) is 0 Å². The van der Waals surface area contributed by atoms with Crippen LogP contribution in [0, 0.1) is 12.3 Å². The molecule has 0 unspecified atom stereocenters. The average Bonchev–Trinajstić information content (AvgIpc) is 2.48. The topological polar surface area (TPSA) is 36.6 Å². The smallest absolute Gasteiger partial charge is 0.118 e.